The zero-order valence-corrected chi connectivity index (χ0v) is 37.8. The minimum absolute atomic E-state index is 0.0257. The lowest BCUT2D eigenvalue weighted by atomic mass is 9.85. The Morgan fingerprint density at radius 3 is 1.02 bits per heavy atom. The van der Waals surface area contributed by atoms with Crippen molar-refractivity contribution in [2.45, 2.75) is 52.4 Å². The topological polar surface area (TPSA) is 15.3 Å². The van der Waals surface area contributed by atoms with Crippen molar-refractivity contribution in [3.05, 3.63) is 205 Å². The summed E-state index contributed by atoms with van der Waals surface area (Å²) in [6, 6.07) is 54.2. The van der Waals surface area contributed by atoms with Crippen molar-refractivity contribution >= 4 is 110 Å². The maximum Gasteiger partial charge on any atom is 0.0641 e. The van der Waals surface area contributed by atoms with Crippen LogP contribution in [0.5, 0.6) is 0 Å². The Labute approximate surface area is 393 Å². The smallest absolute Gasteiger partial charge is 0.0641 e. The second-order valence-electron chi connectivity index (χ2n) is 19.7. The van der Waals surface area contributed by atoms with Crippen molar-refractivity contribution in [1.82, 2.24) is 8.80 Å². The second kappa shape index (κ2) is 13.8. The first kappa shape index (κ1) is 32.8. The van der Waals surface area contributed by atoms with Gasteiger partial charge in [-0.1, -0.05) is 163 Å². The second-order valence-corrected chi connectivity index (χ2v) is 19.7. The molecule has 0 spiro atoms. The van der Waals surface area contributed by atoms with Crippen LogP contribution in [0.1, 0.15) is 60.9 Å². The molecule has 0 aliphatic heterocycles. The number of rotatable bonds is 6. The van der Waals surface area contributed by atoms with Gasteiger partial charge in [-0.25, -0.2) is 0 Å². The van der Waals surface area contributed by atoms with E-state index in [4.69, 9.17) is 0 Å². The fourth-order valence-electron chi connectivity index (χ4n) is 10.9. The summed E-state index contributed by atoms with van der Waals surface area (Å²) < 4.78 is 62.1. The molecule has 13 aromatic rings. The van der Waals surface area contributed by atoms with E-state index in [1.54, 1.807) is 0 Å². The van der Waals surface area contributed by atoms with Gasteiger partial charge in [0.05, 0.1) is 52.7 Å². The number of nitrogens with zero attached hydrogens (tertiary/aromatic N) is 4. The van der Waals surface area contributed by atoms with Gasteiger partial charge in [0.15, 0.2) is 0 Å². The Morgan fingerprint density at radius 1 is 0.364 bits per heavy atom. The van der Waals surface area contributed by atoms with Gasteiger partial charge in [0.2, 0.25) is 0 Å². The Kier molecular flexibility index (Phi) is 6.87. The van der Waals surface area contributed by atoms with Crippen LogP contribution in [0.2, 0.25) is 0 Å². The monoisotopic (exact) mass is 856 g/mol. The standard InChI is InChI=1S/C62H50N4/c1-61(2,3)49-31-19-29-45-55-51(63(39-21-11-7-12-22-39)40-23-13-8-14-24-40)35-33-43-47-38-54-48(37-53(47)65(57(45)49)59(43)55)44-34-36-52(64(41-25-15-9-16-26-41)42-27-17-10-18-28-42)56-46-30-20-32-50(62(4,5)6)58(46)66(54)60(44)56/h7-38H,1-6H3/i19D,20D,29D,30D,31D,32D. The number of anilines is 6. The van der Waals surface area contributed by atoms with Gasteiger partial charge in [0.1, 0.15) is 0 Å². The van der Waals surface area contributed by atoms with E-state index < -0.39 is 10.8 Å². The molecule has 0 aliphatic carbocycles. The van der Waals surface area contributed by atoms with Crippen molar-refractivity contribution in [3.63, 3.8) is 0 Å². The lowest BCUT2D eigenvalue weighted by Gasteiger charge is -2.26. The normalized spacial score (nSPS) is 14.0. The van der Waals surface area contributed by atoms with E-state index in [0.717, 1.165) is 99.5 Å². The third kappa shape index (κ3) is 5.39. The first-order valence-electron chi connectivity index (χ1n) is 25.8. The van der Waals surface area contributed by atoms with Crippen LogP contribution in [-0.4, -0.2) is 8.80 Å². The summed E-state index contributed by atoms with van der Waals surface area (Å²) in [4.78, 5) is 4.47. The Balaban J connectivity index is 1.25. The zero-order valence-electron chi connectivity index (χ0n) is 43.8. The minimum Gasteiger partial charge on any atom is -0.310 e. The molecule has 0 N–H and O–H groups in total. The molecule has 13 rings (SSSR count). The van der Waals surface area contributed by atoms with Gasteiger partial charge in [-0.15, -0.1) is 0 Å². The van der Waals surface area contributed by atoms with Crippen LogP contribution in [0.25, 0.3) is 76.2 Å². The third-order valence-corrected chi connectivity index (χ3v) is 13.6. The van der Waals surface area contributed by atoms with Gasteiger partial charge in [0.25, 0.3) is 0 Å². The maximum absolute atomic E-state index is 9.80. The largest absolute Gasteiger partial charge is 0.310 e. The van der Waals surface area contributed by atoms with Crippen LogP contribution in [0.4, 0.5) is 34.1 Å². The summed E-state index contributed by atoms with van der Waals surface area (Å²) in [5, 5.41) is 6.87. The predicted octanol–water partition coefficient (Wildman–Crippen LogP) is 17.5. The maximum atomic E-state index is 9.80. The van der Waals surface area contributed by atoms with Crippen molar-refractivity contribution in [3.8, 4) is 0 Å². The molecule has 318 valence electrons. The fourth-order valence-corrected chi connectivity index (χ4v) is 10.9. The van der Waals surface area contributed by atoms with E-state index >= 15 is 0 Å². The number of fused-ring (bicyclic) bond motifs is 12. The van der Waals surface area contributed by atoms with Crippen molar-refractivity contribution < 1.29 is 8.22 Å². The first-order chi connectivity index (χ1) is 34.6. The highest BCUT2D eigenvalue weighted by atomic mass is 15.2. The molecular weight excluding hydrogens is 801 g/mol. The molecule has 4 nitrogen and oxygen atoms in total. The summed E-state index contributed by atoms with van der Waals surface area (Å²) in [5.41, 5.74) is 11.0. The molecule has 0 aliphatic rings. The van der Waals surface area contributed by atoms with Crippen molar-refractivity contribution in [1.29, 1.82) is 0 Å². The molecule has 0 amide bonds. The van der Waals surface area contributed by atoms with E-state index in [0.29, 0.717) is 21.9 Å². The number of para-hydroxylation sites is 6. The van der Waals surface area contributed by atoms with Crippen LogP contribution in [0, 0.1) is 0 Å². The Morgan fingerprint density at radius 2 is 0.697 bits per heavy atom. The van der Waals surface area contributed by atoms with Gasteiger partial charge in [-0.05, 0) is 94.8 Å². The molecule has 4 aromatic heterocycles. The van der Waals surface area contributed by atoms with Gasteiger partial charge >= 0.3 is 0 Å². The van der Waals surface area contributed by atoms with Crippen LogP contribution in [-0.2, 0) is 10.8 Å². The van der Waals surface area contributed by atoms with E-state index in [2.05, 4.69) is 145 Å². The number of hydrogen-bond acceptors (Lipinski definition) is 2. The molecule has 0 fully saturated rings. The predicted molar refractivity (Wildman–Crippen MR) is 283 cm³/mol. The third-order valence-electron chi connectivity index (χ3n) is 13.6. The SMILES string of the molecule is [2H]c1c([2H])c(C(C)(C)C)c2c(c1[2H])c1c(N(c3ccccc3)c3ccccc3)ccc3c4cc5c(cc4n2c31)c1ccc(N(c2ccccc2)c2ccccc2)c2c3c([2H])c([2H])c([2H])c(C(C)(C)C)c3n5c12. The van der Waals surface area contributed by atoms with Crippen LogP contribution >= 0.6 is 0 Å². The average Bonchev–Trinajstić information content (AvgIpc) is 4.09. The quantitative estimate of drug-likeness (QED) is 0.166. The van der Waals surface area contributed by atoms with E-state index in [1.807, 2.05) is 72.8 Å². The summed E-state index contributed by atoms with van der Waals surface area (Å²) >= 11 is 0. The van der Waals surface area contributed by atoms with Crippen LogP contribution in [0.3, 0.4) is 0 Å². The molecule has 0 saturated heterocycles. The molecule has 0 atom stereocenters. The first-order valence-corrected chi connectivity index (χ1v) is 22.8. The van der Waals surface area contributed by atoms with Crippen molar-refractivity contribution in [2.24, 2.45) is 0 Å². The van der Waals surface area contributed by atoms with Crippen LogP contribution in [0.15, 0.2) is 194 Å². The highest BCUT2D eigenvalue weighted by molar-refractivity contribution is 6.32. The molecule has 0 bridgehead atoms. The number of aromatic nitrogens is 2. The molecule has 0 unspecified atom stereocenters. The summed E-state index contributed by atoms with van der Waals surface area (Å²) in [6.07, 6.45) is 0. The highest BCUT2D eigenvalue weighted by Gasteiger charge is 2.31. The molecule has 0 saturated carbocycles. The van der Waals surface area contributed by atoms with Crippen LogP contribution < -0.4 is 9.80 Å². The molecule has 4 heterocycles. The molecule has 0 radical (unpaired) electrons. The Hall–Kier alpha value is -7.82. The number of benzene rings is 9. The fraction of sp³-hybridized carbons (Fsp3) is 0.129. The lowest BCUT2D eigenvalue weighted by molar-refractivity contribution is 0.594. The highest BCUT2D eigenvalue weighted by Crippen LogP contribution is 2.52. The minimum atomic E-state index is -0.574. The van der Waals surface area contributed by atoms with Gasteiger partial charge in [-0.2, -0.15) is 0 Å². The molecule has 4 heteroatoms. The van der Waals surface area contributed by atoms with Gasteiger partial charge in [0, 0.05) is 65.8 Å². The van der Waals surface area contributed by atoms with E-state index in [9.17, 15) is 8.22 Å². The van der Waals surface area contributed by atoms with Crippen molar-refractivity contribution in [2.75, 3.05) is 9.80 Å². The molecule has 9 aromatic carbocycles. The summed E-state index contributed by atoms with van der Waals surface area (Å²) in [5.74, 6) is 0. The Bertz CT molecular complexity index is 3980. The van der Waals surface area contributed by atoms with E-state index in [1.165, 1.54) is 0 Å². The molecular formula is C62H50N4. The average molecular weight is 857 g/mol. The molecule has 66 heavy (non-hydrogen) atoms. The van der Waals surface area contributed by atoms with E-state index in [-0.39, 0.29) is 36.3 Å². The summed E-state index contributed by atoms with van der Waals surface area (Å²) in [7, 11) is 0. The summed E-state index contributed by atoms with van der Waals surface area (Å²) in [6.45, 7) is 12.6. The van der Waals surface area contributed by atoms with Gasteiger partial charge < -0.3 is 18.6 Å². The zero-order chi connectivity index (χ0) is 49.9. The lowest BCUT2D eigenvalue weighted by Crippen LogP contribution is -2.12. The van der Waals surface area contributed by atoms with Gasteiger partial charge in [-0.3, -0.25) is 0 Å². The number of hydrogen-bond donors (Lipinski definition) is 0.